The summed E-state index contributed by atoms with van der Waals surface area (Å²) in [6, 6.07) is 4.81. The number of halogens is 5. The van der Waals surface area contributed by atoms with Gasteiger partial charge in [0.25, 0.3) is 0 Å². The molecular formula is C26H23F5N4O5. The van der Waals surface area contributed by atoms with Crippen molar-refractivity contribution in [1.82, 2.24) is 20.2 Å². The number of aryl methyl sites for hydroxylation is 1. The smallest absolute Gasteiger partial charge is 0.195 e. The Morgan fingerprint density at radius 2 is 1.70 bits per heavy atom. The summed E-state index contributed by atoms with van der Waals surface area (Å²) in [6.45, 7) is 0.830. The first kappa shape index (κ1) is 27.8. The highest BCUT2D eigenvalue weighted by Crippen LogP contribution is 2.35. The molecule has 3 heterocycles. The molecule has 212 valence electrons. The molecule has 14 heteroatoms. The van der Waals surface area contributed by atoms with E-state index in [0.29, 0.717) is 0 Å². The van der Waals surface area contributed by atoms with Gasteiger partial charge < -0.3 is 24.2 Å². The fourth-order valence-electron chi connectivity index (χ4n) is 4.78. The summed E-state index contributed by atoms with van der Waals surface area (Å²) in [5.74, 6) is -6.75. The molecule has 1 aliphatic rings. The molecule has 0 saturated carbocycles. The van der Waals surface area contributed by atoms with Crippen LogP contribution in [-0.2, 0) is 15.9 Å². The van der Waals surface area contributed by atoms with Crippen molar-refractivity contribution in [3.05, 3.63) is 76.9 Å². The Bertz CT molecular complexity index is 1530. The molecule has 2 aromatic carbocycles. The molecule has 5 atom stereocenters. The lowest BCUT2D eigenvalue weighted by Gasteiger charge is -2.43. The first-order valence-electron chi connectivity index (χ1n) is 12.1. The minimum Gasteiger partial charge on any atom is -0.394 e. The van der Waals surface area contributed by atoms with Crippen molar-refractivity contribution in [3.8, 4) is 22.6 Å². The van der Waals surface area contributed by atoms with Gasteiger partial charge in [0.1, 0.15) is 30.0 Å². The van der Waals surface area contributed by atoms with Gasteiger partial charge >= 0.3 is 0 Å². The molecule has 2 aromatic heterocycles. The van der Waals surface area contributed by atoms with Gasteiger partial charge in [-0.1, -0.05) is 16.4 Å². The third kappa shape index (κ3) is 4.87. The van der Waals surface area contributed by atoms with Crippen LogP contribution >= 0.6 is 0 Å². The first-order chi connectivity index (χ1) is 19.1. The highest BCUT2D eigenvalue weighted by atomic mass is 19.2. The zero-order valence-electron chi connectivity index (χ0n) is 21.1. The van der Waals surface area contributed by atoms with E-state index in [9.17, 15) is 32.2 Å². The van der Waals surface area contributed by atoms with E-state index in [-0.39, 0.29) is 40.3 Å². The van der Waals surface area contributed by atoms with Gasteiger partial charge in [0.15, 0.2) is 34.8 Å². The van der Waals surface area contributed by atoms with E-state index in [1.54, 1.807) is 0 Å². The van der Waals surface area contributed by atoms with Crippen molar-refractivity contribution >= 4 is 0 Å². The first-order valence-corrected chi connectivity index (χ1v) is 12.1. The molecule has 0 aliphatic carbocycles. The van der Waals surface area contributed by atoms with Gasteiger partial charge in [-0.15, -0.1) is 5.10 Å². The number of nitrogens with zero attached hydrogens (tertiary/aromatic N) is 4. The van der Waals surface area contributed by atoms with Gasteiger partial charge in [0, 0.05) is 25.2 Å². The molecule has 2 N–H and O–H groups in total. The SMILES string of the molecule is CO[C@@H]1[C@@H](n2cc(-c3ccc(C)c(F)c3F)nn2)[C@@H](O)[C@@H](CO)O[C@@H]1Cc1cc(-c2ccc(F)c(F)c2F)on1. The summed E-state index contributed by atoms with van der Waals surface area (Å²) in [5, 5.41) is 32.6. The largest absolute Gasteiger partial charge is 0.394 e. The molecule has 0 unspecified atom stereocenters. The van der Waals surface area contributed by atoms with Crippen molar-refractivity contribution in [2.75, 3.05) is 13.7 Å². The van der Waals surface area contributed by atoms with Gasteiger partial charge in [-0.2, -0.15) is 0 Å². The molecule has 0 bridgehead atoms. The Balaban J connectivity index is 1.44. The second-order valence-electron chi connectivity index (χ2n) is 9.33. The Hall–Kier alpha value is -3.72. The lowest BCUT2D eigenvalue weighted by Crippen LogP contribution is -2.57. The topological polar surface area (TPSA) is 116 Å². The monoisotopic (exact) mass is 566 g/mol. The molecule has 4 aromatic rings. The molecule has 0 spiro atoms. The normalized spacial score (nSPS) is 23.1. The lowest BCUT2D eigenvalue weighted by molar-refractivity contribution is -0.212. The maximum atomic E-state index is 14.6. The van der Waals surface area contributed by atoms with Crippen molar-refractivity contribution < 1.29 is 46.2 Å². The van der Waals surface area contributed by atoms with Crippen LogP contribution < -0.4 is 0 Å². The van der Waals surface area contributed by atoms with Crippen LogP contribution in [0.15, 0.2) is 41.1 Å². The summed E-state index contributed by atoms with van der Waals surface area (Å²) < 4.78 is 87.8. The van der Waals surface area contributed by atoms with Gasteiger partial charge in [-0.05, 0) is 30.7 Å². The summed E-state index contributed by atoms with van der Waals surface area (Å²) in [6.07, 6.45) is -3.02. The average molecular weight is 566 g/mol. The standard InChI is InChI=1S/C26H23F5N4O5/c1-11-3-4-13(21(29)20(11)28)16-9-35(34-32-16)24-25(37)19(10-36)39-18(26(24)38-2)8-12-7-17(40-33-12)14-5-6-15(27)23(31)22(14)30/h3-7,9,18-19,24-26,36-37H,8,10H2,1-2H3/t18-,19-,24+,25+,26+/m1/s1. The molecule has 5 rings (SSSR count). The van der Waals surface area contributed by atoms with Crippen molar-refractivity contribution in [1.29, 1.82) is 0 Å². The van der Waals surface area contributed by atoms with E-state index in [1.165, 1.54) is 43.1 Å². The molecule has 9 nitrogen and oxygen atoms in total. The van der Waals surface area contributed by atoms with E-state index >= 15 is 0 Å². The van der Waals surface area contributed by atoms with E-state index < -0.39 is 66.2 Å². The fourth-order valence-corrected chi connectivity index (χ4v) is 4.78. The summed E-state index contributed by atoms with van der Waals surface area (Å²) >= 11 is 0. The quantitative estimate of drug-likeness (QED) is 0.258. The predicted molar refractivity (Wildman–Crippen MR) is 127 cm³/mol. The van der Waals surface area contributed by atoms with Gasteiger partial charge in [-0.3, -0.25) is 0 Å². The number of rotatable bonds is 7. The third-order valence-corrected chi connectivity index (χ3v) is 6.87. The summed E-state index contributed by atoms with van der Waals surface area (Å²) in [4.78, 5) is 0. The summed E-state index contributed by atoms with van der Waals surface area (Å²) in [7, 11) is 1.35. The number of hydrogen-bond donors (Lipinski definition) is 2. The van der Waals surface area contributed by atoms with Crippen LogP contribution in [0.1, 0.15) is 17.3 Å². The second kappa shape index (κ2) is 11.0. The van der Waals surface area contributed by atoms with Gasteiger partial charge in [-0.25, -0.2) is 26.6 Å². The van der Waals surface area contributed by atoms with Crippen LogP contribution in [0.3, 0.4) is 0 Å². The highest BCUT2D eigenvalue weighted by Gasteiger charge is 2.47. The zero-order valence-corrected chi connectivity index (χ0v) is 21.1. The molecule has 1 aliphatic heterocycles. The van der Waals surface area contributed by atoms with Gasteiger partial charge in [0.05, 0.1) is 30.2 Å². The van der Waals surface area contributed by atoms with E-state index in [1.807, 2.05) is 0 Å². The van der Waals surface area contributed by atoms with Crippen molar-refractivity contribution in [3.63, 3.8) is 0 Å². The van der Waals surface area contributed by atoms with Crippen LogP contribution in [0.2, 0.25) is 0 Å². The van der Waals surface area contributed by atoms with E-state index in [2.05, 4.69) is 15.5 Å². The molecule has 0 amide bonds. The van der Waals surface area contributed by atoms with Crippen LogP contribution in [0.4, 0.5) is 22.0 Å². The van der Waals surface area contributed by atoms with E-state index in [0.717, 1.165) is 12.1 Å². The van der Waals surface area contributed by atoms with Crippen molar-refractivity contribution in [2.45, 2.75) is 43.8 Å². The number of ether oxygens (including phenoxy) is 2. The molecule has 40 heavy (non-hydrogen) atoms. The minimum atomic E-state index is -1.66. The van der Waals surface area contributed by atoms with Crippen LogP contribution in [0.5, 0.6) is 0 Å². The average Bonchev–Trinajstić information content (AvgIpc) is 3.61. The number of aliphatic hydroxyl groups is 2. The number of benzene rings is 2. The Labute approximate surface area is 223 Å². The Morgan fingerprint density at radius 3 is 2.42 bits per heavy atom. The fraction of sp³-hybridized carbons (Fsp3) is 0.346. The maximum Gasteiger partial charge on any atom is 0.195 e. The minimum absolute atomic E-state index is 0.00302. The molecular weight excluding hydrogens is 543 g/mol. The molecule has 0 radical (unpaired) electrons. The number of methoxy groups -OCH3 is 1. The number of hydrogen-bond acceptors (Lipinski definition) is 8. The van der Waals surface area contributed by atoms with E-state index in [4.69, 9.17) is 14.0 Å². The number of aliphatic hydroxyl groups excluding tert-OH is 2. The van der Waals surface area contributed by atoms with Crippen LogP contribution in [0, 0.1) is 36.0 Å². The maximum absolute atomic E-state index is 14.6. The van der Waals surface area contributed by atoms with Gasteiger partial charge in [0.2, 0.25) is 0 Å². The Kier molecular flexibility index (Phi) is 7.68. The zero-order chi connectivity index (χ0) is 28.7. The Morgan fingerprint density at radius 1 is 0.975 bits per heavy atom. The molecule has 1 fully saturated rings. The molecule has 1 saturated heterocycles. The third-order valence-electron chi connectivity index (χ3n) is 6.87. The predicted octanol–water partition coefficient (Wildman–Crippen LogP) is 3.52. The second-order valence-corrected chi connectivity index (χ2v) is 9.33. The van der Waals surface area contributed by atoms with Crippen LogP contribution in [-0.4, -0.2) is 68.5 Å². The van der Waals surface area contributed by atoms with Crippen LogP contribution in [0.25, 0.3) is 22.6 Å². The van der Waals surface area contributed by atoms with Crippen molar-refractivity contribution in [2.24, 2.45) is 0 Å². The summed E-state index contributed by atoms with van der Waals surface area (Å²) in [5.41, 5.74) is -0.155. The highest BCUT2D eigenvalue weighted by molar-refractivity contribution is 5.60. The number of aromatic nitrogens is 4. The lowest BCUT2D eigenvalue weighted by atomic mass is 9.90.